The Morgan fingerprint density at radius 1 is 1.45 bits per heavy atom. The average Bonchev–Trinajstić information content (AvgIpc) is 2.62. The smallest absolute Gasteiger partial charge is 0.339 e. The van der Waals surface area contributed by atoms with Gasteiger partial charge in [0.1, 0.15) is 17.1 Å². The number of likely N-dealkylation sites (tertiary alicyclic amines) is 1. The number of furan rings is 1. The lowest BCUT2D eigenvalue weighted by Crippen LogP contribution is -2.24. The number of aromatic carboxylic acids is 1. The van der Waals surface area contributed by atoms with Crippen molar-refractivity contribution < 1.29 is 14.3 Å². The van der Waals surface area contributed by atoms with Gasteiger partial charge in [-0.3, -0.25) is 4.90 Å². The fourth-order valence-corrected chi connectivity index (χ4v) is 3.13. The number of carboxylic acids is 1. The molecular weight excluding hydrogens is 254 g/mol. The van der Waals surface area contributed by atoms with E-state index in [-0.39, 0.29) is 0 Å². The lowest BCUT2D eigenvalue weighted by molar-refractivity contribution is 0.0695. The van der Waals surface area contributed by atoms with E-state index in [0.717, 1.165) is 31.3 Å². The van der Waals surface area contributed by atoms with E-state index in [2.05, 4.69) is 11.8 Å². The van der Waals surface area contributed by atoms with Crippen LogP contribution in [0.2, 0.25) is 0 Å². The van der Waals surface area contributed by atoms with E-state index >= 15 is 0 Å². The van der Waals surface area contributed by atoms with Crippen molar-refractivity contribution in [2.45, 2.75) is 52.5 Å². The minimum atomic E-state index is -0.906. The number of carboxylic acid groups (broad SMARTS) is 1. The molecule has 0 aromatic carbocycles. The highest BCUT2D eigenvalue weighted by atomic mass is 16.4. The molecule has 0 aliphatic carbocycles. The summed E-state index contributed by atoms with van der Waals surface area (Å²) in [5, 5.41) is 9.05. The second-order valence-electron chi connectivity index (χ2n) is 5.85. The van der Waals surface area contributed by atoms with Crippen molar-refractivity contribution in [2.24, 2.45) is 5.92 Å². The molecule has 1 aromatic rings. The summed E-state index contributed by atoms with van der Waals surface area (Å²) in [6, 6.07) is 1.67. The molecule has 1 fully saturated rings. The highest BCUT2D eigenvalue weighted by Crippen LogP contribution is 2.24. The molecule has 1 saturated heterocycles. The van der Waals surface area contributed by atoms with Crippen molar-refractivity contribution in [3.05, 3.63) is 23.2 Å². The van der Waals surface area contributed by atoms with Gasteiger partial charge in [-0.1, -0.05) is 19.8 Å². The van der Waals surface area contributed by atoms with Crippen molar-refractivity contribution in [1.82, 2.24) is 4.90 Å². The molecule has 0 spiro atoms. The monoisotopic (exact) mass is 279 g/mol. The van der Waals surface area contributed by atoms with Crippen LogP contribution >= 0.6 is 0 Å². The van der Waals surface area contributed by atoms with Crippen LogP contribution in [-0.2, 0) is 6.54 Å². The standard InChI is InChI=1S/C16H25NO3/c1-3-5-13-6-4-8-17(9-7-13)11-14-10-15(16(18)19)12(2)20-14/h10,13H,3-9,11H2,1-2H3,(H,18,19). The second kappa shape index (κ2) is 6.93. The van der Waals surface area contributed by atoms with Gasteiger partial charge in [-0.25, -0.2) is 4.79 Å². The molecule has 2 rings (SSSR count). The zero-order valence-electron chi connectivity index (χ0n) is 12.5. The molecule has 2 heterocycles. The summed E-state index contributed by atoms with van der Waals surface area (Å²) in [5.41, 5.74) is 0.290. The van der Waals surface area contributed by atoms with Crippen LogP contribution in [0, 0.1) is 12.8 Å². The van der Waals surface area contributed by atoms with E-state index in [1.807, 2.05) is 0 Å². The zero-order valence-corrected chi connectivity index (χ0v) is 12.5. The van der Waals surface area contributed by atoms with E-state index in [9.17, 15) is 4.79 Å². The third-order valence-corrected chi connectivity index (χ3v) is 4.22. The minimum absolute atomic E-state index is 0.290. The van der Waals surface area contributed by atoms with Crippen LogP contribution in [0.3, 0.4) is 0 Å². The lowest BCUT2D eigenvalue weighted by atomic mass is 9.96. The Bertz CT molecular complexity index is 453. The van der Waals surface area contributed by atoms with Crippen molar-refractivity contribution in [3.63, 3.8) is 0 Å². The van der Waals surface area contributed by atoms with Gasteiger partial charge >= 0.3 is 5.97 Å². The largest absolute Gasteiger partial charge is 0.478 e. The molecule has 4 heteroatoms. The predicted octanol–water partition coefficient (Wildman–Crippen LogP) is 3.69. The van der Waals surface area contributed by atoms with Crippen LogP contribution < -0.4 is 0 Å². The molecule has 112 valence electrons. The second-order valence-corrected chi connectivity index (χ2v) is 5.85. The number of carbonyl (C=O) groups is 1. The third kappa shape index (κ3) is 3.85. The number of nitrogens with zero attached hydrogens (tertiary/aromatic N) is 1. The van der Waals surface area contributed by atoms with E-state index in [1.54, 1.807) is 13.0 Å². The maximum absolute atomic E-state index is 11.0. The molecule has 1 aliphatic rings. The Hall–Kier alpha value is -1.29. The molecule has 0 amide bonds. The summed E-state index contributed by atoms with van der Waals surface area (Å²) < 4.78 is 5.57. The Morgan fingerprint density at radius 2 is 2.25 bits per heavy atom. The van der Waals surface area contributed by atoms with Crippen molar-refractivity contribution in [3.8, 4) is 0 Å². The van der Waals surface area contributed by atoms with E-state index in [4.69, 9.17) is 9.52 Å². The molecule has 0 saturated carbocycles. The van der Waals surface area contributed by atoms with Gasteiger partial charge in [0.25, 0.3) is 0 Å². The normalized spacial score (nSPS) is 20.8. The lowest BCUT2D eigenvalue weighted by Gasteiger charge is -2.18. The number of hydrogen-bond donors (Lipinski definition) is 1. The zero-order chi connectivity index (χ0) is 14.5. The number of aryl methyl sites for hydroxylation is 1. The van der Waals surface area contributed by atoms with Crippen LogP contribution in [0.5, 0.6) is 0 Å². The van der Waals surface area contributed by atoms with Gasteiger partial charge in [0.15, 0.2) is 0 Å². The van der Waals surface area contributed by atoms with Crippen molar-refractivity contribution in [2.75, 3.05) is 13.1 Å². The SMILES string of the molecule is CCCC1CCCN(Cc2cc(C(=O)O)c(C)o2)CC1. The van der Waals surface area contributed by atoms with E-state index in [0.29, 0.717) is 11.3 Å². The minimum Gasteiger partial charge on any atom is -0.478 e. The van der Waals surface area contributed by atoms with Gasteiger partial charge in [0.2, 0.25) is 0 Å². The summed E-state index contributed by atoms with van der Waals surface area (Å²) in [6.07, 6.45) is 6.40. The first kappa shape index (κ1) is 15.1. The Labute approximate surface area is 120 Å². The van der Waals surface area contributed by atoms with Crippen LogP contribution in [-0.4, -0.2) is 29.1 Å². The topological polar surface area (TPSA) is 53.7 Å². The summed E-state index contributed by atoms with van der Waals surface area (Å²) in [7, 11) is 0. The molecule has 0 bridgehead atoms. The molecular formula is C16H25NO3. The molecule has 1 atom stereocenters. The molecule has 1 aromatic heterocycles. The van der Waals surface area contributed by atoms with Crippen LogP contribution in [0.4, 0.5) is 0 Å². The highest BCUT2D eigenvalue weighted by molar-refractivity contribution is 5.88. The molecule has 1 N–H and O–H groups in total. The maximum Gasteiger partial charge on any atom is 0.339 e. The van der Waals surface area contributed by atoms with E-state index in [1.165, 1.54) is 32.1 Å². The Morgan fingerprint density at radius 3 is 2.90 bits per heavy atom. The van der Waals surface area contributed by atoms with Crippen molar-refractivity contribution >= 4 is 5.97 Å². The van der Waals surface area contributed by atoms with E-state index < -0.39 is 5.97 Å². The predicted molar refractivity (Wildman–Crippen MR) is 77.9 cm³/mol. The molecule has 0 radical (unpaired) electrons. The first-order valence-electron chi connectivity index (χ1n) is 7.65. The van der Waals surface area contributed by atoms with Gasteiger partial charge < -0.3 is 9.52 Å². The van der Waals surface area contributed by atoms with Crippen LogP contribution in [0.1, 0.15) is 60.9 Å². The molecule has 1 aliphatic heterocycles. The van der Waals surface area contributed by atoms with Crippen LogP contribution in [0.25, 0.3) is 0 Å². The summed E-state index contributed by atoms with van der Waals surface area (Å²) in [5.74, 6) is 1.23. The van der Waals surface area contributed by atoms with Gasteiger partial charge in [-0.05, 0) is 51.3 Å². The Balaban J connectivity index is 1.93. The third-order valence-electron chi connectivity index (χ3n) is 4.22. The Kier molecular flexibility index (Phi) is 5.24. The molecule has 1 unspecified atom stereocenters. The summed E-state index contributed by atoms with van der Waals surface area (Å²) >= 11 is 0. The average molecular weight is 279 g/mol. The van der Waals surface area contributed by atoms with Gasteiger partial charge in [-0.2, -0.15) is 0 Å². The van der Waals surface area contributed by atoms with Crippen molar-refractivity contribution in [1.29, 1.82) is 0 Å². The molecule has 4 nitrogen and oxygen atoms in total. The van der Waals surface area contributed by atoms with Gasteiger partial charge in [-0.15, -0.1) is 0 Å². The first-order chi connectivity index (χ1) is 9.60. The summed E-state index contributed by atoms with van der Waals surface area (Å²) in [4.78, 5) is 13.4. The fourth-order valence-electron chi connectivity index (χ4n) is 3.13. The van der Waals surface area contributed by atoms with Gasteiger partial charge in [0.05, 0.1) is 6.54 Å². The molecule has 20 heavy (non-hydrogen) atoms. The van der Waals surface area contributed by atoms with Gasteiger partial charge in [0, 0.05) is 0 Å². The number of hydrogen-bond acceptors (Lipinski definition) is 3. The maximum atomic E-state index is 11.0. The quantitative estimate of drug-likeness (QED) is 0.893. The first-order valence-corrected chi connectivity index (χ1v) is 7.65. The summed E-state index contributed by atoms with van der Waals surface area (Å²) in [6.45, 7) is 6.87. The van der Waals surface area contributed by atoms with Crippen LogP contribution in [0.15, 0.2) is 10.5 Å². The number of rotatable bonds is 5. The highest BCUT2D eigenvalue weighted by Gasteiger charge is 2.19. The fraction of sp³-hybridized carbons (Fsp3) is 0.688.